The van der Waals surface area contributed by atoms with Crippen molar-refractivity contribution in [1.82, 2.24) is 15.7 Å². The number of hydrogen-bond donors (Lipinski definition) is 1. The van der Waals surface area contributed by atoms with Gasteiger partial charge in [0, 0.05) is 21.0 Å². The highest BCUT2D eigenvalue weighted by atomic mass is 15.9. The van der Waals surface area contributed by atoms with Gasteiger partial charge in [-0.05, 0) is 0 Å². The van der Waals surface area contributed by atoms with Crippen molar-refractivity contribution in [1.29, 1.82) is 0 Å². The number of nitrogens with one attached hydrogen (secondary N) is 1. The van der Waals surface area contributed by atoms with Crippen LogP contribution in [0.4, 0.5) is 0 Å². The zero-order valence-electron chi connectivity index (χ0n) is 9.81. The highest BCUT2D eigenvalue weighted by Gasteiger charge is 2.32. The van der Waals surface area contributed by atoms with E-state index >= 15 is 0 Å². The Kier molecular flexibility index (Phi) is 2.06. The number of rotatable bonds is 1. The van der Waals surface area contributed by atoms with E-state index in [-0.39, 0.29) is 0 Å². The standard InChI is InChI=1S/C9H17N6/c1-7-8(6-10-15(7,4)5)9-11-13(2)14(3)12-9/h6H,1-5H3,(H,11,12)/q+1. The molecule has 2 heterocycles. The Morgan fingerprint density at radius 3 is 2.40 bits per heavy atom. The van der Waals surface area contributed by atoms with Crippen molar-refractivity contribution < 1.29 is 4.59 Å². The Morgan fingerprint density at radius 2 is 2.00 bits per heavy atom. The maximum absolute atomic E-state index is 4.41. The second-order valence-corrected chi connectivity index (χ2v) is 4.21. The molecule has 2 rings (SSSR count). The van der Waals surface area contributed by atoms with Crippen molar-refractivity contribution in [2.45, 2.75) is 6.92 Å². The molecule has 2 aliphatic rings. The van der Waals surface area contributed by atoms with Crippen molar-refractivity contribution >= 4 is 12.1 Å². The topological polar surface area (TPSA) is 43.2 Å². The molecule has 0 saturated heterocycles. The summed E-state index contributed by atoms with van der Waals surface area (Å²) in [7, 11) is 7.89. The molecule has 0 aromatic rings. The number of nitrogens with zero attached hydrogens (tertiary/aromatic N) is 5. The fourth-order valence-electron chi connectivity index (χ4n) is 1.48. The average molecular weight is 209 g/mol. The number of allylic oxidation sites excluding steroid dienone is 1. The first-order valence-electron chi connectivity index (χ1n) is 4.86. The van der Waals surface area contributed by atoms with Crippen LogP contribution >= 0.6 is 0 Å². The Morgan fingerprint density at radius 1 is 1.33 bits per heavy atom. The summed E-state index contributed by atoms with van der Waals surface area (Å²) in [6.07, 6.45) is 1.87. The lowest BCUT2D eigenvalue weighted by Crippen LogP contribution is -2.39. The molecule has 0 aliphatic carbocycles. The minimum absolute atomic E-state index is 0.545. The Hall–Kier alpha value is -1.40. The minimum Gasteiger partial charge on any atom is -0.282 e. The Balaban J connectivity index is 2.32. The summed E-state index contributed by atoms with van der Waals surface area (Å²) < 4.78 is 0.545. The zero-order valence-corrected chi connectivity index (χ0v) is 9.81. The lowest BCUT2D eigenvalue weighted by atomic mass is 10.2. The summed E-state index contributed by atoms with van der Waals surface area (Å²) in [5, 5.41) is 12.4. The fraction of sp³-hybridized carbons (Fsp3) is 0.556. The van der Waals surface area contributed by atoms with E-state index in [0.29, 0.717) is 4.59 Å². The SMILES string of the molecule is CC1=C(C2=NN(C)N(C)N2)C=N[N+]1(C)C. The van der Waals surface area contributed by atoms with Crippen LogP contribution in [-0.2, 0) is 0 Å². The van der Waals surface area contributed by atoms with E-state index in [4.69, 9.17) is 0 Å². The molecular weight excluding hydrogens is 192 g/mol. The molecule has 82 valence electrons. The lowest BCUT2D eigenvalue weighted by Gasteiger charge is -2.18. The van der Waals surface area contributed by atoms with Gasteiger partial charge in [0.05, 0.1) is 20.3 Å². The molecule has 6 nitrogen and oxygen atoms in total. The van der Waals surface area contributed by atoms with Crippen LogP contribution < -0.4 is 5.43 Å². The van der Waals surface area contributed by atoms with Crippen LogP contribution in [0.1, 0.15) is 6.92 Å². The van der Waals surface area contributed by atoms with E-state index in [2.05, 4.69) is 22.6 Å². The van der Waals surface area contributed by atoms with Gasteiger partial charge in [0.15, 0.2) is 5.84 Å². The molecule has 0 amide bonds. The molecular formula is C9H17N6+. The van der Waals surface area contributed by atoms with Crippen molar-refractivity contribution in [3.05, 3.63) is 11.3 Å². The van der Waals surface area contributed by atoms with Gasteiger partial charge < -0.3 is 0 Å². The molecule has 15 heavy (non-hydrogen) atoms. The minimum atomic E-state index is 0.545. The fourth-order valence-corrected chi connectivity index (χ4v) is 1.48. The van der Waals surface area contributed by atoms with Crippen molar-refractivity contribution in [3.63, 3.8) is 0 Å². The summed E-state index contributed by atoms with van der Waals surface area (Å²) in [5.74, 6) is 0.852. The summed E-state index contributed by atoms with van der Waals surface area (Å²) in [4.78, 5) is 0. The molecule has 0 fully saturated rings. The molecule has 0 unspecified atom stereocenters. The molecule has 0 saturated carbocycles. The molecule has 0 aromatic carbocycles. The van der Waals surface area contributed by atoms with Gasteiger partial charge in [-0.2, -0.15) is 4.59 Å². The maximum Gasteiger partial charge on any atom is 0.178 e. The third-order valence-electron chi connectivity index (χ3n) is 2.89. The third-order valence-corrected chi connectivity index (χ3v) is 2.89. The van der Waals surface area contributed by atoms with Crippen LogP contribution in [0.15, 0.2) is 21.5 Å². The molecule has 0 atom stereocenters. The van der Waals surface area contributed by atoms with Crippen LogP contribution in [0.5, 0.6) is 0 Å². The second kappa shape index (κ2) is 3.04. The quantitative estimate of drug-likeness (QED) is 0.616. The average Bonchev–Trinajstić information content (AvgIpc) is 2.58. The summed E-state index contributed by atoms with van der Waals surface area (Å²) in [5.41, 5.74) is 5.41. The van der Waals surface area contributed by atoms with Gasteiger partial charge in [0.2, 0.25) is 0 Å². The van der Waals surface area contributed by atoms with Crippen LogP contribution in [0, 0.1) is 0 Å². The van der Waals surface area contributed by atoms with E-state index in [0.717, 1.165) is 11.4 Å². The molecule has 0 spiro atoms. The molecule has 1 N–H and O–H groups in total. The normalized spacial score (nSPS) is 24.9. The monoisotopic (exact) mass is 209 g/mol. The van der Waals surface area contributed by atoms with Gasteiger partial charge in [0.25, 0.3) is 0 Å². The van der Waals surface area contributed by atoms with E-state index in [1.807, 2.05) is 39.5 Å². The van der Waals surface area contributed by atoms with Gasteiger partial charge in [-0.15, -0.1) is 10.2 Å². The highest BCUT2D eigenvalue weighted by Crippen LogP contribution is 2.22. The van der Waals surface area contributed by atoms with Gasteiger partial charge >= 0.3 is 0 Å². The number of hydrogen-bond acceptors (Lipinski definition) is 5. The predicted octanol–water partition coefficient (Wildman–Crippen LogP) is -0.0535. The zero-order chi connectivity index (χ0) is 11.2. The van der Waals surface area contributed by atoms with Crippen LogP contribution in [0.3, 0.4) is 0 Å². The van der Waals surface area contributed by atoms with Gasteiger partial charge in [-0.25, -0.2) is 5.12 Å². The number of amidine groups is 1. The van der Waals surface area contributed by atoms with E-state index < -0.39 is 0 Å². The van der Waals surface area contributed by atoms with Gasteiger partial charge in [0.1, 0.15) is 11.3 Å². The van der Waals surface area contributed by atoms with Crippen LogP contribution in [-0.4, -0.2) is 55.1 Å². The lowest BCUT2D eigenvalue weighted by molar-refractivity contribution is -0.856. The molecule has 2 aliphatic heterocycles. The highest BCUT2D eigenvalue weighted by molar-refractivity contribution is 6.15. The largest absolute Gasteiger partial charge is 0.282 e. The first-order chi connectivity index (χ1) is 6.92. The number of quaternary nitrogens is 1. The third kappa shape index (κ3) is 1.51. The number of hydrazine groups is 2. The first-order valence-corrected chi connectivity index (χ1v) is 4.86. The molecule has 0 bridgehead atoms. The number of hydrazone groups is 1. The van der Waals surface area contributed by atoms with Gasteiger partial charge in [-0.3, -0.25) is 5.43 Å². The Labute approximate surface area is 89.7 Å². The van der Waals surface area contributed by atoms with Crippen molar-refractivity contribution in [3.8, 4) is 0 Å². The summed E-state index contributed by atoms with van der Waals surface area (Å²) in [6, 6.07) is 0. The van der Waals surface area contributed by atoms with E-state index in [1.54, 1.807) is 5.12 Å². The van der Waals surface area contributed by atoms with Gasteiger partial charge in [-0.1, -0.05) is 5.10 Å². The predicted molar refractivity (Wildman–Crippen MR) is 59.4 cm³/mol. The second-order valence-electron chi connectivity index (χ2n) is 4.21. The first kappa shape index (κ1) is 10.1. The maximum atomic E-state index is 4.41. The van der Waals surface area contributed by atoms with Crippen LogP contribution in [0.25, 0.3) is 0 Å². The van der Waals surface area contributed by atoms with Crippen LogP contribution in [0.2, 0.25) is 0 Å². The van der Waals surface area contributed by atoms with E-state index in [1.165, 1.54) is 5.70 Å². The smallest absolute Gasteiger partial charge is 0.178 e. The molecule has 0 radical (unpaired) electrons. The Bertz CT molecular complexity index is 378. The summed E-state index contributed by atoms with van der Waals surface area (Å²) >= 11 is 0. The van der Waals surface area contributed by atoms with Crippen molar-refractivity contribution in [2.24, 2.45) is 10.2 Å². The molecule has 0 aromatic heterocycles. The molecule has 6 heteroatoms. The van der Waals surface area contributed by atoms with Crippen molar-refractivity contribution in [2.75, 3.05) is 28.2 Å². The van der Waals surface area contributed by atoms with E-state index in [9.17, 15) is 0 Å². The summed E-state index contributed by atoms with van der Waals surface area (Å²) in [6.45, 7) is 2.07.